The SMILES string of the molecule is CCN.CCNC(=O)n1ccnc1.Cl. The summed E-state index contributed by atoms with van der Waals surface area (Å²) in [5.74, 6) is 0. The van der Waals surface area contributed by atoms with Gasteiger partial charge in [0.25, 0.3) is 0 Å². The third-order valence-corrected chi connectivity index (χ3v) is 1.07. The van der Waals surface area contributed by atoms with Gasteiger partial charge in [0.05, 0.1) is 0 Å². The Labute approximate surface area is 90.1 Å². The fraction of sp³-hybridized carbons (Fsp3) is 0.500. The lowest BCUT2D eigenvalue weighted by Gasteiger charge is -1.99. The first-order valence-electron chi connectivity index (χ1n) is 4.22. The molecule has 5 nitrogen and oxygen atoms in total. The van der Waals surface area contributed by atoms with Crippen molar-refractivity contribution >= 4 is 18.4 Å². The van der Waals surface area contributed by atoms with Gasteiger partial charge >= 0.3 is 6.03 Å². The summed E-state index contributed by atoms with van der Waals surface area (Å²) in [6.45, 7) is 5.16. The number of carbonyl (C=O) groups excluding carboxylic acids is 1. The molecule has 1 heterocycles. The zero-order valence-corrected chi connectivity index (χ0v) is 9.25. The van der Waals surface area contributed by atoms with Gasteiger partial charge in [0.2, 0.25) is 0 Å². The number of hydrogen-bond donors (Lipinski definition) is 2. The predicted octanol–water partition coefficient (Wildman–Crippen LogP) is 0.847. The molecule has 0 saturated heterocycles. The van der Waals surface area contributed by atoms with Crippen molar-refractivity contribution in [1.82, 2.24) is 14.9 Å². The number of rotatable bonds is 1. The molecule has 6 heteroatoms. The van der Waals surface area contributed by atoms with E-state index in [-0.39, 0.29) is 18.4 Å². The van der Waals surface area contributed by atoms with E-state index in [1.54, 1.807) is 12.4 Å². The Morgan fingerprint density at radius 2 is 2.14 bits per heavy atom. The van der Waals surface area contributed by atoms with Crippen LogP contribution in [0.5, 0.6) is 0 Å². The van der Waals surface area contributed by atoms with Gasteiger partial charge in [0.15, 0.2) is 0 Å². The Balaban J connectivity index is 0. The van der Waals surface area contributed by atoms with E-state index in [0.717, 1.165) is 6.54 Å². The molecule has 0 atom stereocenters. The van der Waals surface area contributed by atoms with Crippen LogP contribution in [0.1, 0.15) is 13.8 Å². The molecule has 0 unspecified atom stereocenters. The highest BCUT2D eigenvalue weighted by atomic mass is 35.5. The number of nitrogens with one attached hydrogen (secondary N) is 1. The van der Waals surface area contributed by atoms with Crippen LogP contribution in [0, 0.1) is 0 Å². The molecule has 1 amide bonds. The second kappa shape index (κ2) is 10.0. The number of amides is 1. The molecule has 0 radical (unpaired) electrons. The molecule has 0 fully saturated rings. The summed E-state index contributed by atoms with van der Waals surface area (Å²) in [6, 6.07) is -0.139. The molecule has 0 spiro atoms. The number of imidazole rings is 1. The highest BCUT2D eigenvalue weighted by Crippen LogP contribution is 1.82. The summed E-state index contributed by atoms with van der Waals surface area (Å²) < 4.78 is 1.39. The summed E-state index contributed by atoms with van der Waals surface area (Å²) >= 11 is 0. The Morgan fingerprint density at radius 1 is 1.57 bits per heavy atom. The average Bonchev–Trinajstić information content (AvgIpc) is 2.58. The van der Waals surface area contributed by atoms with Gasteiger partial charge in [0.1, 0.15) is 6.33 Å². The van der Waals surface area contributed by atoms with Gasteiger partial charge in [-0.25, -0.2) is 9.78 Å². The van der Waals surface area contributed by atoms with Crippen molar-refractivity contribution < 1.29 is 4.79 Å². The fourth-order valence-corrected chi connectivity index (χ4v) is 0.622. The molecule has 0 aliphatic heterocycles. The molecule has 0 aliphatic carbocycles. The molecule has 0 bridgehead atoms. The topological polar surface area (TPSA) is 72.9 Å². The first kappa shape index (κ1) is 15.4. The summed E-state index contributed by atoms with van der Waals surface area (Å²) in [6.07, 6.45) is 4.63. The van der Waals surface area contributed by atoms with E-state index < -0.39 is 0 Å². The van der Waals surface area contributed by atoms with Crippen molar-refractivity contribution in [1.29, 1.82) is 0 Å². The van der Waals surface area contributed by atoms with E-state index >= 15 is 0 Å². The van der Waals surface area contributed by atoms with E-state index in [9.17, 15) is 4.79 Å². The molecule has 1 aromatic heterocycles. The quantitative estimate of drug-likeness (QED) is 0.737. The van der Waals surface area contributed by atoms with E-state index in [1.807, 2.05) is 13.8 Å². The van der Waals surface area contributed by atoms with Gasteiger partial charge in [0, 0.05) is 18.9 Å². The van der Waals surface area contributed by atoms with Crippen LogP contribution in [-0.4, -0.2) is 28.7 Å². The molecular formula is C8H17ClN4O. The lowest BCUT2D eigenvalue weighted by molar-refractivity contribution is 0.243. The van der Waals surface area contributed by atoms with Crippen LogP contribution in [0.3, 0.4) is 0 Å². The van der Waals surface area contributed by atoms with Crippen molar-refractivity contribution in [2.24, 2.45) is 5.73 Å². The lowest BCUT2D eigenvalue weighted by atomic mass is 10.7. The van der Waals surface area contributed by atoms with Crippen molar-refractivity contribution in [3.8, 4) is 0 Å². The van der Waals surface area contributed by atoms with Crippen molar-refractivity contribution in [2.75, 3.05) is 13.1 Å². The van der Waals surface area contributed by atoms with E-state index in [0.29, 0.717) is 6.54 Å². The first-order valence-corrected chi connectivity index (χ1v) is 4.22. The second-order valence-corrected chi connectivity index (χ2v) is 2.21. The molecule has 1 rings (SSSR count). The molecule has 82 valence electrons. The largest absolute Gasteiger partial charge is 0.338 e. The van der Waals surface area contributed by atoms with Gasteiger partial charge < -0.3 is 11.1 Å². The Hall–Kier alpha value is -1.07. The summed E-state index contributed by atoms with van der Waals surface area (Å²) in [5, 5.41) is 2.63. The fourth-order valence-electron chi connectivity index (χ4n) is 0.622. The van der Waals surface area contributed by atoms with E-state index in [2.05, 4.69) is 10.3 Å². The highest BCUT2D eigenvalue weighted by Gasteiger charge is 1.97. The summed E-state index contributed by atoms with van der Waals surface area (Å²) in [5.41, 5.74) is 4.85. The van der Waals surface area contributed by atoms with Gasteiger partial charge in [-0.05, 0) is 13.5 Å². The van der Waals surface area contributed by atoms with Crippen LogP contribution in [0.4, 0.5) is 4.79 Å². The Kier molecular flexibility index (Phi) is 11.0. The zero-order chi connectivity index (χ0) is 10.1. The van der Waals surface area contributed by atoms with E-state index in [1.165, 1.54) is 10.9 Å². The van der Waals surface area contributed by atoms with Crippen LogP contribution in [0.15, 0.2) is 18.7 Å². The van der Waals surface area contributed by atoms with E-state index in [4.69, 9.17) is 5.73 Å². The first-order chi connectivity index (χ1) is 6.26. The highest BCUT2D eigenvalue weighted by molar-refractivity contribution is 5.85. The maximum Gasteiger partial charge on any atom is 0.326 e. The van der Waals surface area contributed by atoms with Crippen LogP contribution in [-0.2, 0) is 0 Å². The zero-order valence-electron chi connectivity index (χ0n) is 8.43. The molecule has 1 aromatic rings. The van der Waals surface area contributed by atoms with Gasteiger partial charge in [-0.3, -0.25) is 4.57 Å². The average molecular weight is 221 g/mol. The van der Waals surface area contributed by atoms with Crippen molar-refractivity contribution in [2.45, 2.75) is 13.8 Å². The van der Waals surface area contributed by atoms with Crippen LogP contribution >= 0.6 is 12.4 Å². The maximum atomic E-state index is 10.9. The molecular weight excluding hydrogens is 204 g/mol. The van der Waals surface area contributed by atoms with Crippen LogP contribution in [0.2, 0.25) is 0 Å². The van der Waals surface area contributed by atoms with Crippen molar-refractivity contribution in [3.05, 3.63) is 18.7 Å². The number of aromatic nitrogens is 2. The molecule has 3 N–H and O–H groups in total. The van der Waals surface area contributed by atoms with Gasteiger partial charge in [-0.2, -0.15) is 0 Å². The minimum absolute atomic E-state index is 0. The standard InChI is InChI=1S/C6H9N3O.C2H7N.ClH/c1-2-8-6(10)9-4-3-7-5-9;1-2-3;/h3-5H,2H2,1H3,(H,8,10);2-3H2,1H3;1H. The van der Waals surface area contributed by atoms with Crippen molar-refractivity contribution in [3.63, 3.8) is 0 Å². The number of nitrogens with zero attached hydrogens (tertiary/aromatic N) is 2. The number of hydrogen-bond acceptors (Lipinski definition) is 3. The van der Waals surface area contributed by atoms with Gasteiger partial charge in [-0.15, -0.1) is 12.4 Å². The molecule has 14 heavy (non-hydrogen) atoms. The third-order valence-electron chi connectivity index (χ3n) is 1.07. The minimum atomic E-state index is -0.139. The number of nitrogens with two attached hydrogens (primary N) is 1. The lowest BCUT2D eigenvalue weighted by Crippen LogP contribution is -2.26. The molecule has 0 aliphatic rings. The predicted molar refractivity (Wildman–Crippen MR) is 58.7 cm³/mol. The summed E-state index contributed by atoms with van der Waals surface area (Å²) in [4.78, 5) is 14.6. The molecule has 0 saturated carbocycles. The second-order valence-electron chi connectivity index (χ2n) is 2.21. The minimum Gasteiger partial charge on any atom is -0.338 e. The third kappa shape index (κ3) is 6.45. The van der Waals surface area contributed by atoms with Crippen LogP contribution in [0.25, 0.3) is 0 Å². The van der Waals surface area contributed by atoms with Crippen LogP contribution < -0.4 is 11.1 Å². The monoisotopic (exact) mass is 220 g/mol. The number of carbonyl (C=O) groups is 1. The normalized spacial score (nSPS) is 7.93. The number of halogens is 1. The Morgan fingerprint density at radius 3 is 2.50 bits per heavy atom. The smallest absolute Gasteiger partial charge is 0.326 e. The maximum absolute atomic E-state index is 10.9. The molecule has 0 aromatic carbocycles. The van der Waals surface area contributed by atoms with Gasteiger partial charge in [-0.1, -0.05) is 6.92 Å². The Bertz CT molecular complexity index is 225. The summed E-state index contributed by atoms with van der Waals surface area (Å²) in [7, 11) is 0.